The number of amides is 1. The fourth-order valence-electron chi connectivity index (χ4n) is 2.34. The monoisotopic (exact) mass is 315 g/mol. The number of aryl methyl sites for hydroxylation is 1. The molecule has 1 amide bonds. The first-order valence-electron chi connectivity index (χ1n) is 6.75. The second kappa shape index (κ2) is 5.69. The maximum Gasteiger partial charge on any atom is 0.244 e. The molecule has 3 aromatic rings. The largest absolute Gasteiger partial charge is 0.506 e. The number of aromatic nitrogens is 2. The fraction of sp³-hybridized carbons (Fsp3) is 0.125. The number of carbonyl (C=O) groups excluding carboxylic acids is 1. The van der Waals surface area contributed by atoms with Gasteiger partial charge in [0.15, 0.2) is 0 Å². The van der Waals surface area contributed by atoms with Gasteiger partial charge in [-0.2, -0.15) is 0 Å². The molecule has 0 atom stereocenters. The van der Waals surface area contributed by atoms with E-state index in [1.807, 2.05) is 35.8 Å². The molecular weight excluding hydrogens is 302 g/mol. The van der Waals surface area contributed by atoms with Crippen molar-refractivity contribution in [3.63, 3.8) is 0 Å². The molecule has 1 aromatic heterocycles. The van der Waals surface area contributed by atoms with Gasteiger partial charge in [-0.3, -0.25) is 4.79 Å². The minimum Gasteiger partial charge on any atom is -0.506 e. The number of fused-ring (bicyclic) bond motifs is 1. The van der Waals surface area contributed by atoms with Crippen molar-refractivity contribution in [2.75, 3.05) is 5.32 Å². The number of benzene rings is 2. The fourth-order valence-corrected chi connectivity index (χ4v) is 2.51. The number of phenolic OH excluding ortho intramolecular Hbond substituents is 1. The molecule has 0 bridgehead atoms. The topological polar surface area (TPSA) is 67.2 Å². The predicted octanol–water partition coefficient (Wildman–Crippen LogP) is 3.34. The van der Waals surface area contributed by atoms with Crippen LogP contribution in [-0.2, 0) is 11.3 Å². The van der Waals surface area contributed by atoms with Gasteiger partial charge in [0.2, 0.25) is 5.91 Å². The number of para-hydroxylation sites is 2. The lowest BCUT2D eigenvalue weighted by molar-refractivity contribution is -0.116. The zero-order chi connectivity index (χ0) is 15.7. The molecule has 0 saturated heterocycles. The van der Waals surface area contributed by atoms with Crippen LogP contribution in [0.3, 0.4) is 0 Å². The van der Waals surface area contributed by atoms with E-state index in [-0.39, 0.29) is 18.2 Å². The van der Waals surface area contributed by atoms with Crippen LogP contribution in [0.25, 0.3) is 11.0 Å². The molecule has 112 valence electrons. The molecule has 22 heavy (non-hydrogen) atoms. The minimum absolute atomic E-state index is 0.0620. The SMILES string of the molecule is Cc1nc2ccccc2n1CC(=O)Nc1ccc(Cl)cc1O. The zero-order valence-electron chi connectivity index (χ0n) is 11.9. The van der Waals surface area contributed by atoms with E-state index in [4.69, 9.17) is 11.6 Å². The van der Waals surface area contributed by atoms with Crippen LogP contribution in [0.2, 0.25) is 5.02 Å². The summed E-state index contributed by atoms with van der Waals surface area (Å²) >= 11 is 5.77. The Hall–Kier alpha value is -2.53. The van der Waals surface area contributed by atoms with E-state index < -0.39 is 0 Å². The summed E-state index contributed by atoms with van der Waals surface area (Å²) in [5.74, 6) is 0.452. The van der Waals surface area contributed by atoms with Crippen molar-refractivity contribution in [1.82, 2.24) is 9.55 Å². The number of anilines is 1. The number of hydrogen-bond donors (Lipinski definition) is 2. The maximum absolute atomic E-state index is 12.2. The van der Waals surface area contributed by atoms with Crippen LogP contribution < -0.4 is 5.32 Å². The Bertz CT molecular complexity index is 858. The Labute approximate surface area is 132 Å². The first-order valence-corrected chi connectivity index (χ1v) is 7.12. The van der Waals surface area contributed by atoms with Gasteiger partial charge in [-0.25, -0.2) is 4.98 Å². The number of imidazole rings is 1. The van der Waals surface area contributed by atoms with Gasteiger partial charge < -0.3 is 15.0 Å². The Morgan fingerprint density at radius 3 is 2.86 bits per heavy atom. The van der Waals surface area contributed by atoms with Gasteiger partial charge in [-0.1, -0.05) is 23.7 Å². The number of aromatic hydroxyl groups is 1. The van der Waals surface area contributed by atoms with Crippen molar-refractivity contribution in [2.45, 2.75) is 13.5 Å². The number of hydrogen-bond acceptors (Lipinski definition) is 3. The lowest BCUT2D eigenvalue weighted by Gasteiger charge is -2.09. The summed E-state index contributed by atoms with van der Waals surface area (Å²) in [6.07, 6.45) is 0. The average molecular weight is 316 g/mol. The van der Waals surface area contributed by atoms with Crippen molar-refractivity contribution in [3.8, 4) is 5.75 Å². The van der Waals surface area contributed by atoms with Crippen LogP contribution in [0.5, 0.6) is 5.75 Å². The predicted molar refractivity (Wildman–Crippen MR) is 86.2 cm³/mol. The van der Waals surface area contributed by atoms with Gasteiger partial charge in [-0.15, -0.1) is 0 Å². The average Bonchev–Trinajstić information content (AvgIpc) is 2.78. The molecule has 0 radical (unpaired) electrons. The van der Waals surface area contributed by atoms with Gasteiger partial charge in [-0.05, 0) is 31.2 Å². The Balaban J connectivity index is 1.83. The van der Waals surface area contributed by atoms with E-state index in [1.54, 1.807) is 12.1 Å². The molecule has 0 aliphatic rings. The highest BCUT2D eigenvalue weighted by Gasteiger charge is 2.12. The minimum atomic E-state index is -0.246. The molecule has 3 rings (SSSR count). The van der Waals surface area contributed by atoms with E-state index >= 15 is 0 Å². The standard InChI is InChI=1S/C16H14ClN3O2/c1-10-18-12-4-2-3-5-14(12)20(10)9-16(22)19-13-7-6-11(17)8-15(13)21/h2-8,21H,9H2,1H3,(H,19,22). The molecule has 2 N–H and O–H groups in total. The molecule has 0 unspecified atom stereocenters. The number of phenols is 1. The third kappa shape index (κ3) is 2.76. The summed E-state index contributed by atoms with van der Waals surface area (Å²) in [6, 6.07) is 12.2. The van der Waals surface area contributed by atoms with Crippen LogP contribution in [0.1, 0.15) is 5.82 Å². The van der Waals surface area contributed by atoms with Crippen molar-refractivity contribution in [3.05, 3.63) is 53.3 Å². The molecule has 0 saturated carbocycles. The van der Waals surface area contributed by atoms with E-state index in [0.717, 1.165) is 16.9 Å². The van der Waals surface area contributed by atoms with Crippen molar-refractivity contribution < 1.29 is 9.90 Å². The number of carbonyl (C=O) groups is 1. The molecule has 1 heterocycles. The summed E-state index contributed by atoms with van der Waals surface area (Å²) in [4.78, 5) is 16.6. The molecule has 0 fully saturated rings. The Morgan fingerprint density at radius 1 is 1.32 bits per heavy atom. The zero-order valence-corrected chi connectivity index (χ0v) is 12.6. The number of rotatable bonds is 3. The third-order valence-corrected chi connectivity index (χ3v) is 3.62. The third-order valence-electron chi connectivity index (χ3n) is 3.38. The second-order valence-corrected chi connectivity index (χ2v) is 5.38. The molecule has 6 heteroatoms. The maximum atomic E-state index is 12.2. The van der Waals surface area contributed by atoms with Crippen molar-refractivity contribution in [2.24, 2.45) is 0 Å². The Kier molecular flexibility index (Phi) is 3.73. The molecule has 0 aliphatic heterocycles. The highest BCUT2D eigenvalue weighted by molar-refractivity contribution is 6.30. The molecule has 0 aliphatic carbocycles. The number of halogens is 1. The second-order valence-electron chi connectivity index (χ2n) is 4.94. The molecule has 2 aromatic carbocycles. The highest BCUT2D eigenvalue weighted by atomic mass is 35.5. The molecule has 5 nitrogen and oxygen atoms in total. The summed E-state index contributed by atoms with van der Waals surface area (Å²) in [5.41, 5.74) is 2.08. The summed E-state index contributed by atoms with van der Waals surface area (Å²) in [5, 5.41) is 12.9. The van der Waals surface area contributed by atoms with Crippen LogP contribution in [0, 0.1) is 6.92 Å². The first kappa shape index (κ1) is 14.4. The normalized spacial score (nSPS) is 10.8. The summed E-state index contributed by atoms with van der Waals surface area (Å²) in [6.45, 7) is 1.97. The van der Waals surface area contributed by atoms with E-state index in [9.17, 15) is 9.90 Å². The quantitative estimate of drug-likeness (QED) is 0.728. The van der Waals surface area contributed by atoms with Crippen LogP contribution in [0.4, 0.5) is 5.69 Å². The van der Waals surface area contributed by atoms with E-state index in [2.05, 4.69) is 10.3 Å². The van der Waals surface area contributed by atoms with E-state index in [1.165, 1.54) is 6.07 Å². The molecule has 0 spiro atoms. The van der Waals surface area contributed by atoms with Crippen molar-refractivity contribution >= 4 is 34.2 Å². The van der Waals surface area contributed by atoms with Gasteiger partial charge in [0.1, 0.15) is 18.1 Å². The van der Waals surface area contributed by atoms with Gasteiger partial charge in [0.05, 0.1) is 16.7 Å². The molecular formula is C16H14ClN3O2. The lowest BCUT2D eigenvalue weighted by atomic mass is 10.3. The summed E-state index contributed by atoms with van der Waals surface area (Å²) < 4.78 is 1.83. The van der Waals surface area contributed by atoms with Gasteiger partial charge >= 0.3 is 0 Å². The lowest BCUT2D eigenvalue weighted by Crippen LogP contribution is -2.19. The number of nitrogens with zero attached hydrogens (tertiary/aromatic N) is 2. The first-order chi connectivity index (χ1) is 10.5. The van der Waals surface area contributed by atoms with Gasteiger partial charge in [0.25, 0.3) is 0 Å². The van der Waals surface area contributed by atoms with Crippen LogP contribution in [-0.4, -0.2) is 20.6 Å². The van der Waals surface area contributed by atoms with Crippen LogP contribution in [0.15, 0.2) is 42.5 Å². The van der Waals surface area contributed by atoms with E-state index in [0.29, 0.717) is 10.7 Å². The highest BCUT2D eigenvalue weighted by Crippen LogP contribution is 2.26. The smallest absolute Gasteiger partial charge is 0.244 e. The van der Waals surface area contributed by atoms with Crippen LogP contribution >= 0.6 is 11.6 Å². The Morgan fingerprint density at radius 2 is 2.09 bits per heavy atom. The number of nitrogens with one attached hydrogen (secondary N) is 1. The van der Waals surface area contributed by atoms with Gasteiger partial charge in [0, 0.05) is 11.1 Å². The van der Waals surface area contributed by atoms with Crippen molar-refractivity contribution in [1.29, 1.82) is 0 Å². The summed E-state index contributed by atoms with van der Waals surface area (Å²) in [7, 11) is 0.